The topological polar surface area (TPSA) is 35.2 Å². The molecule has 0 saturated heterocycles. The highest BCUT2D eigenvalue weighted by Crippen LogP contribution is 2.17. The molecule has 0 bridgehead atoms. The van der Waals surface area contributed by atoms with Crippen molar-refractivity contribution in [1.29, 1.82) is 0 Å². The molecule has 0 heterocycles. The van der Waals surface area contributed by atoms with E-state index in [1.807, 2.05) is 24.3 Å². The summed E-state index contributed by atoms with van der Waals surface area (Å²) >= 11 is 4.88. The Morgan fingerprint density at radius 3 is 2.50 bits per heavy atom. The Hall–Kier alpha value is -1.94. The lowest BCUT2D eigenvalue weighted by atomic mass is 10.1. The van der Waals surface area contributed by atoms with Crippen molar-refractivity contribution in [3.63, 3.8) is 0 Å². The van der Waals surface area contributed by atoms with Gasteiger partial charge in [0.2, 0.25) is 0 Å². The Kier molecular flexibility index (Phi) is 4.69. The van der Waals surface area contributed by atoms with Crippen molar-refractivity contribution in [3.05, 3.63) is 65.0 Å². The molecule has 0 saturated carbocycles. The molecule has 2 N–H and O–H groups in total. The molecule has 0 amide bonds. The molecule has 4 heteroatoms. The molecule has 0 aliphatic heterocycles. The maximum atomic E-state index is 13.7. The molecule has 0 fully saturated rings. The lowest BCUT2D eigenvalue weighted by molar-refractivity contribution is 0.300. The summed E-state index contributed by atoms with van der Waals surface area (Å²) in [5, 5.41) is 0. The maximum absolute atomic E-state index is 13.7. The molecule has 0 atom stereocenters. The first-order valence-corrected chi connectivity index (χ1v) is 6.81. The number of hydrogen-bond donors (Lipinski definition) is 1. The van der Waals surface area contributed by atoms with Crippen molar-refractivity contribution in [3.8, 4) is 5.75 Å². The predicted molar refractivity (Wildman–Crippen MR) is 82.4 cm³/mol. The number of rotatable bonds is 5. The van der Waals surface area contributed by atoms with Gasteiger partial charge in [-0.25, -0.2) is 4.39 Å². The number of halogens is 1. The van der Waals surface area contributed by atoms with Crippen LogP contribution in [-0.4, -0.2) is 4.99 Å². The molecule has 0 aromatic heterocycles. The molecule has 0 unspecified atom stereocenters. The van der Waals surface area contributed by atoms with E-state index in [0.29, 0.717) is 16.9 Å². The second-order valence-electron chi connectivity index (χ2n) is 4.46. The molecule has 0 aliphatic carbocycles. The molecular weight excluding hydrogens is 273 g/mol. The van der Waals surface area contributed by atoms with Crippen LogP contribution in [0.15, 0.2) is 42.5 Å². The first-order valence-electron chi connectivity index (χ1n) is 6.40. The van der Waals surface area contributed by atoms with E-state index in [9.17, 15) is 4.39 Å². The highest BCUT2D eigenvalue weighted by Gasteiger charge is 2.06. The van der Waals surface area contributed by atoms with Crippen molar-refractivity contribution in [2.75, 3.05) is 0 Å². The fourth-order valence-electron chi connectivity index (χ4n) is 1.82. The number of ether oxygens (including phenoxy) is 1. The van der Waals surface area contributed by atoms with Gasteiger partial charge in [0.05, 0.1) is 0 Å². The van der Waals surface area contributed by atoms with Crippen molar-refractivity contribution in [2.45, 2.75) is 20.0 Å². The predicted octanol–water partition coefficient (Wildman–Crippen LogP) is 3.60. The second-order valence-corrected chi connectivity index (χ2v) is 4.90. The standard InChI is InChI=1S/C16H16FNOS/c1-2-11-3-6-14(7-4-11)19-10-13-9-12(16(18)20)5-8-15(13)17/h3-9H,2,10H2,1H3,(H2,18,20). The largest absolute Gasteiger partial charge is 0.489 e. The van der Waals surface area contributed by atoms with E-state index < -0.39 is 0 Å². The third-order valence-electron chi connectivity index (χ3n) is 3.06. The smallest absolute Gasteiger partial charge is 0.129 e. The molecule has 0 spiro atoms. The van der Waals surface area contributed by atoms with E-state index >= 15 is 0 Å². The summed E-state index contributed by atoms with van der Waals surface area (Å²) in [6, 6.07) is 12.3. The van der Waals surface area contributed by atoms with Gasteiger partial charge in [-0.2, -0.15) is 0 Å². The lowest BCUT2D eigenvalue weighted by Gasteiger charge is -2.09. The second kappa shape index (κ2) is 6.48. The fraction of sp³-hybridized carbons (Fsp3) is 0.188. The number of hydrogen-bond acceptors (Lipinski definition) is 2. The molecule has 0 radical (unpaired) electrons. The van der Waals surface area contributed by atoms with E-state index in [1.54, 1.807) is 12.1 Å². The van der Waals surface area contributed by atoms with Gasteiger partial charge >= 0.3 is 0 Å². The molecular formula is C16H16FNOS. The average molecular weight is 289 g/mol. The zero-order valence-electron chi connectivity index (χ0n) is 11.2. The third kappa shape index (κ3) is 3.54. The summed E-state index contributed by atoms with van der Waals surface area (Å²) in [6.45, 7) is 2.24. The Morgan fingerprint density at radius 1 is 1.20 bits per heavy atom. The Morgan fingerprint density at radius 2 is 1.90 bits per heavy atom. The van der Waals surface area contributed by atoms with Crippen LogP contribution in [0.1, 0.15) is 23.6 Å². The van der Waals surface area contributed by atoms with E-state index in [0.717, 1.165) is 6.42 Å². The van der Waals surface area contributed by atoms with Crippen LogP contribution in [0, 0.1) is 5.82 Å². The van der Waals surface area contributed by atoms with Gasteiger partial charge in [0, 0.05) is 11.1 Å². The van der Waals surface area contributed by atoms with Gasteiger partial charge in [-0.1, -0.05) is 31.3 Å². The van der Waals surface area contributed by atoms with Crippen LogP contribution >= 0.6 is 12.2 Å². The van der Waals surface area contributed by atoms with Gasteiger partial charge in [0.15, 0.2) is 0 Å². The Labute approximate surface area is 123 Å². The number of nitrogens with two attached hydrogens (primary N) is 1. The Balaban J connectivity index is 2.09. The molecule has 2 aromatic rings. The molecule has 2 rings (SSSR count). The van der Waals surface area contributed by atoms with Crippen LogP contribution in [-0.2, 0) is 13.0 Å². The first kappa shape index (κ1) is 14.5. The van der Waals surface area contributed by atoms with E-state index in [-0.39, 0.29) is 17.4 Å². The minimum atomic E-state index is -0.324. The van der Waals surface area contributed by atoms with E-state index in [4.69, 9.17) is 22.7 Å². The average Bonchev–Trinajstić information content (AvgIpc) is 2.46. The number of thiocarbonyl (C=S) groups is 1. The summed E-state index contributed by atoms with van der Waals surface area (Å²) < 4.78 is 19.3. The minimum absolute atomic E-state index is 0.147. The summed E-state index contributed by atoms with van der Waals surface area (Å²) in [4.78, 5) is 0.249. The van der Waals surface area contributed by atoms with Crippen molar-refractivity contribution >= 4 is 17.2 Å². The van der Waals surface area contributed by atoms with Gasteiger partial charge in [0.25, 0.3) is 0 Å². The molecule has 20 heavy (non-hydrogen) atoms. The summed E-state index contributed by atoms with van der Waals surface area (Å²) in [5.41, 5.74) is 7.86. The lowest BCUT2D eigenvalue weighted by Crippen LogP contribution is -2.10. The van der Waals surface area contributed by atoms with Gasteiger partial charge in [-0.05, 0) is 42.3 Å². The summed E-state index contributed by atoms with van der Waals surface area (Å²) in [5.74, 6) is 0.387. The van der Waals surface area contributed by atoms with Crippen molar-refractivity contribution < 1.29 is 9.13 Å². The Bertz CT molecular complexity index is 610. The van der Waals surface area contributed by atoms with E-state index in [2.05, 4.69) is 6.92 Å². The zero-order chi connectivity index (χ0) is 14.5. The van der Waals surface area contributed by atoms with Crippen molar-refractivity contribution in [1.82, 2.24) is 0 Å². The van der Waals surface area contributed by atoms with Crippen LogP contribution in [0.3, 0.4) is 0 Å². The van der Waals surface area contributed by atoms with E-state index in [1.165, 1.54) is 11.6 Å². The first-order chi connectivity index (χ1) is 9.60. The van der Waals surface area contributed by atoms with Gasteiger partial charge in [-0.3, -0.25) is 0 Å². The monoisotopic (exact) mass is 289 g/mol. The molecule has 0 aliphatic rings. The molecule has 104 valence electrons. The SMILES string of the molecule is CCc1ccc(OCc2cc(C(N)=S)ccc2F)cc1. The van der Waals surface area contributed by atoms with Crippen LogP contribution in [0.4, 0.5) is 4.39 Å². The quantitative estimate of drug-likeness (QED) is 0.854. The minimum Gasteiger partial charge on any atom is -0.489 e. The van der Waals surface area contributed by atoms with Gasteiger partial charge < -0.3 is 10.5 Å². The molecule has 2 aromatic carbocycles. The van der Waals surface area contributed by atoms with Crippen LogP contribution in [0.2, 0.25) is 0 Å². The van der Waals surface area contributed by atoms with Crippen LogP contribution in [0.25, 0.3) is 0 Å². The number of benzene rings is 2. The summed E-state index contributed by atoms with van der Waals surface area (Å²) in [7, 11) is 0. The van der Waals surface area contributed by atoms with Crippen LogP contribution < -0.4 is 10.5 Å². The van der Waals surface area contributed by atoms with Crippen molar-refractivity contribution in [2.24, 2.45) is 5.73 Å². The fourth-order valence-corrected chi connectivity index (χ4v) is 1.95. The summed E-state index contributed by atoms with van der Waals surface area (Å²) in [6.07, 6.45) is 0.977. The highest BCUT2D eigenvalue weighted by molar-refractivity contribution is 7.80. The number of aryl methyl sites for hydroxylation is 1. The molecule has 2 nitrogen and oxygen atoms in total. The third-order valence-corrected chi connectivity index (χ3v) is 3.29. The van der Waals surface area contributed by atoms with Gasteiger partial charge in [0.1, 0.15) is 23.2 Å². The van der Waals surface area contributed by atoms with Crippen LogP contribution in [0.5, 0.6) is 5.75 Å². The maximum Gasteiger partial charge on any atom is 0.129 e. The zero-order valence-corrected chi connectivity index (χ0v) is 12.0. The van der Waals surface area contributed by atoms with Gasteiger partial charge in [-0.15, -0.1) is 0 Å². The normalized spacial score (nSPS) is 10.3. The highest BCUT2D eigenvalue weighted by atomic mass is 32.1.